The van der Waals surface area contributed by atoms with Gasteiger partial charge in [-0.3, -0.25) is 4.79 Å². The number of rotatable bonds is 4. The molecule has 1 fully saturated rings. The summed E-state index contributed by atoms with van der Waals surface area (Å²) in [6.45, 7) is 1.98. The predicted octanol–water partition coefficient (Wildman–Crippen LogP) is 3.03. The molecule has 0 aromatic heterocycles. The van der Waals surface area contributed by atoms with E-state index in [1.54, 1.807) is 13.3 Å². The Labute approximate surface area is 120 Å². The molecule has 1 aromatic rings. The lowest BCUT2D eigenvalue weighted by Crippen LogP contribution is -2.28. The molecule has 1 aliphatic carbocycles. The minimum Gasteiger partial charge on any atom is -0.496 e. The summed E-state index contributed by atoms with van der Waals surface area (Å²) in [5.41, 5.74) is 4.65. The van der Waals surface area contributed by atoms with Crippen LogP contribution >= 0.6 is 0 Å². The monoisotopic (exact) mass is 274 g/mol. The maximum atomic E-state index is 11.9. The molecule has 0 aliphatic heterocycles. The zero-order valence-electron chi connectivity index (χ0n) is 12.2. The maximum Gasteiger partial charge on any atom is 0.243 e. The Kier molecular flexibility index (Phi) is 5.16. The number of hydrazone groups is 1. The minimum atomic E-state index is 0.0474. The number of hydrogen-bond donors (Lipinski definition) is 1. The van der Waals surface area contributed by atoms with Gasteiger partial charge in [0.05, 0.1) is 13.3 Å². The van der Waals surface area contributed by atoms with Gasteiger partial charge in [0.1, 0.15) is 5.75 Å². The molecular formula is C16H22N2O2. The first-order valence-corrected chi connectivity index (χ1v) is 7.18. The molecule has 20 heavy (non-hydrogen) atoms. The van der Waals surface area contributed by atoms with E-state index in [1.165, 1.54) is 6.42 Å². The number of carbonyl (C=O) groups is 1. The van der Waals surface area contributed by atoms with E-state index in [2.05, 4.69) is 10.5 Å². The van der Waals surface area contributed by atoms with Gasteiger partial charge in [-0.2, -0.15) is 5.10 Å². The largest absolute Gasteiger partial charge is 0.496 e. The second kappa shape index (κ2) is 7.08. The van der Waals surface area contributed by atoms with Crippen LogP contribution in [-0.2, 0) is 4.79 Å². The van der Waals surface area contributed by atoms with E-state index >= 15 is 0 Å². The van der Waals surface area contributed by atoms with Crippen molar-refractivity contribution in [2.45, 2.75) is 39.0 Å². The zero-order valence-corrected chi connectivity index (χ0v) is 12.2. The lowest BCUT2D eigenvalue weighted by molar-refractivity contribution is -0.125. The van der Waals surface area contributed by atoms with Crippen molar-refractivity contribution in [3.63, 3.8) is 0 Å². The molecule has 1 aliphatic rings. The molecule has 2 rings (SSSR count). The molecule has 108 valence electrons. The van der Waals surface area contributed by atoms with Crippen molar-refractivity contribution >= 4 is 12.1 Å². The van der Waals surface area contributed by atoms with Crippen molar-refractivity contribution in [2.24, 2.45) is 11.0 Å². The highest BCUT2D eigenvalue weighted by atomic mass is 16.5. The molecule has 0 spiro atoms. The van der Waals surface area contributed by atoms with Crippen molar-refractivity contribution in [3.05, 3.63) is 29.3 Å². The smallest absolute Gasteiger partial charge is 0.243 e. The first kappa shape index (κ1) is 14.6. The fraction of sp³-hybridized carbons (Fsp3) is 0.500. The molecule has 0 bridgehead atoms. The van der Waals surface area contributed by atoms with Crippen LogP contribution in [-0.4, -0.2) is 19.2 Å². The van der Waals surface area contributed by atoms with Gasteiger partial charge in [0.2, 0.25) is 5.91 Å². The summed E-state index contributed by atoms with van der Waals surface area (Å²) in [7, 11) is 1.65. The topological polar surface area (TPSA) is 50.7 Å². The third kappa shape index (κ3) is 3.83. The van der Waals surface area contributed by atoms with E-state index in [-0.39, 0.29) is 11.8 Å². The van der Waals surface area contributed by atoms with Crippen molar-refractivity contribution in [3.8, 4) is 5.75 Å². The number of nitrogens with one attached hydrogen (secondary N) is 1. The van der Waals surface area contributed by atoms with Crippen LogP contribution in [0.2, 0.25) is 0 Å². The highest BCUT2D eigenvalue weighted by Gasteiger charge is 2.20. The molecule has 1 aromatic carbocycles. The Hall–Kier alpha value is -1.84. The second-order valence-electron chi connectivity index (χ2n) is 5.30. The highest BCUT2D eigenvalue weighted by molar-refractivity contribution is 5.83. The highest BCUT2D eigenvalue weighted by Crippen LogP contribution is 2.23. The van der Waals surface area contributed by atoms with Crippen LogP contribution in [0.15, 0.2) is 23.3 Å². The first-order chi connectivity index (χ1) is 9.70. The van der Waals surface area contributed by atoms with Gasteiger partial charge in [0, 0.05) is 5.92 Å². The van der Waals surface area contributed by atoms with Gasteiger partial charge in [-0.1, -0.05) is 19.3 Å². The summed E-state index contributed by atoms with van der Waals surface area (Å²) in [5, 5.41) is 4.05. The Morgan fingerprint density at radius 2 is 2.10 bits per heavy atom. The van der Waals surface area contributed by atoms with Crippen molar-refractivity contribution < 1.29 is 9.53 Å². The molecule has 0 atom stereocenters. The van der Waals surface area contributed by atoms with E-state index in [0.717, 1.165) is 42.6 Å². The van der Waals surface area contributed by atoms with E-state index in [9.17, 15) is 4.79 Å². The maximum absolute atomic E-state index is 11.9. The van der Waals surface area contributed by atoms with E-state index < -0.39 is 0 Å². The lowest BCUT2D eigenvalue weighted by atomic mass is 9.89. The molecule has 1 saturated carbocycles. The summed E-state index contributed by atoms with van der Waals surface area (Å²) in [5.74, 6) is 1.04. The van der Waals surface area contributed by atoms with Gasteiger partial charge < -0.3 is 4.74 Å². The number of benzene rings is 1. The van der Waals surface area contributed by atoms with Gasteiger partial charge in [-0.05, 0) is 49.1 Å². The van der Waals surface area contributed by atoms with Gasteiger partial charge >= 0.3 is 0 Å². The number of aryl methyl sites for hydroxylation is 1. The summed E-state index contributed by atoms with van der Waals surface area (Å²) in [4.78, 5) is 11.9. The number of methoxy groups -OCH3 is 1. The van der Waals surface area contributed by atoms with Crippen LogP contribution in [0.4, 0.5) is 0 Å². The molecule has 1 N–H and O–H groups in total. The zero-order chi connectivity index (χ0) is 14.4. The molecular weight excluding hydrogens is 252 g/mol. The fourth-order valence-electron chi connectivity index (χ4n) is 2.61. The van der Waals surface area contributed by atoms with Crippen LogP contribution in [0.1, 0.15) is 43.2 Å². The molecule has 4 nitrogen and oxygen atoms in total. The number of carbonyl (C=O) groups excluding carboxylic acids is 1. The molecule has 0 radical (unpaired) electrons. The van der Waals surface area contributed by atoms with Crippen LogP contribution in [0.5, 0.6) is 5.75 Å². The molecule has 1 amide bonds. The van der Waals surface area contributed by atoms with E-state index in [4.69, 9.17) is 4.74 Å². The van der Waals surface area contributed by atoms with Gasteiger partial charge in [0.15, 0.2) is 0 Å². The Balaban J connectivity index is 1.89. The number of nitrogens with zero attached hydrogens (tertiary/aromatic N) is 1. The average molecular weight is 274 g/mol. The normalized spacial score (nSPS) is 16.3. The van der Waals surface area contributed by atoms with Gasteiger partial charge in [-0.25, -0.2) is 5.43 Å². The second-order valence-corrected chi connectivity index (χ2v) is 5.30. The summed E-state index contributed by atoms with van der Waals surface area (Å²) in [6.07, 6.45) is 7.20. The van der Waals surface area contributed by atoms with Crippen molar-refractivity contribution in [1.29, 1.82) is 0 Å². The summed E-state index contributed by atoms with van der Waals surface area (Å²) >= 11 is 0. The molecule has 0 saturated heterocycles. The standard InChI is InChI=1S/C16H22N2O2/c1-12-10-13(8-9-15(12)20-2)11-17-18-16(19)14-6-4-3-5-7-14/h8-11,14H,3-7H2,1-2H3,(H,18,19). The summed E-state index contributed by atoms with van der Waals surface area (Å²) in [6, 6.07) is 5.80. The van der Waals surface area contributed by atoms with E-state index in [0.29, 0.717) is 0 Å². The molecule has 0 unspecified atom stereocenters. The SMILES string of the molecule is COc1ccc(C=NNC(=O)C2CCCCC2)cc1C. The minimum absolute atomic E-state index is 0.0474. The number of hydrogen-bond acceptors (Lipinski definition) is 3. The quantitative estimate of drug-likeness (QED) is 0.677. The van der Waals surface area contributed by atoms with Gasteiger partial charge in [-0.15, -0.1) is 0 Å². The van der Waals surface area contributed by atoms with Crippen LogP contribution in [0, 0.1) is 12.8 Å². The number of ether oxygens (including phenoxy) is 1. The number of amides is 1. The molecule has 4 heteroatoms. The third-order valence-corrected chi connectivity index (χ3v) is 3.78. The third-order valence-electron chi connectivity index (χ3n) is 3.78. The Morgan fingerprint density at radius 3 is 2.75 bits per heavy atom. The van der Waals surface area contributed by atoms with Crippen molar-refractivity contribution in [2.75, 3.05) is 7.11 Å². The molecule has 0 heterocycles. The van der Waals surface area contributed by atoms with Crippen LogP contribution < -0.4 is 10.2 Å². The Bertz CT molecular complexity index is 491. The first-order valence-electron chi connectivity index (χ1n) is 7.18. The average Bonchev–Trinajstić information content (AvgIpc) is 2.48. The predicted molar refractivity (Wildman–Crippen MR) is 80.0 cm³/mol. The van der Waals surface area contributed by atoms with Crippen LogP contribution in [0.3, 0.4) is 0 Å². The summed E-state index contributed by atoms with van der Waals surface area (Å²) < 4.78 is 5.21. The van der Waals surface area contributed by atoms with Gasteiger partial charge in [0.25, 0.3) is 0 Å². The lowest BCUT2D eigenvalue weighted by Gasteiger charge is -2.19. The van der Waals surface area contributed by atoms with Crippen LogP contribution in [0.25, 0.3) is 0 Å². The van der Waals surface area contributed by atoms with Crippen molar-refractivity contribution in [1.82, 2.24) is 5.43 Å². The van der Waals surface area contributed by atoms with E-state index in [1.807, 2.05) is 25.1 Å². The Morgan fingerprint density at radius 1 is 1.35 bits per heavy atom. The fourth-order valence-corrected chi connectivity index (χ4v) is 2.61.